The van der Waals surface area contributed by atoms with E-state index < -0.39 is 47.0 Å². The standard InChI is InChI=1S/C24H28F2N2O4/c1-15(21(29)27-14-17-10-18(25)13-19(26)11-17)22(30)28-20(23(31)32-24(2,3)4)12-16-8-6-5-7-9-16/h5-11,13,15,20H,12,14H2,1-4H3,(H,27,29)(H,28,30). The number of hydrogen-bond donors (Lipinski definition) is 2. The maximum Gasteiger partial charge on any atom is 0.329 e. The van der Waals surface area contributed by atoms with Gasteiger partial charge in [-0.05, 0) is 51.0 Å². The lowest BCUT2D eigenvalue weighted by Gasteiger charge is -2.25. The molecule has 0 bridgehead atoms. The van der Waals surface area contributed by atoms with Crippen LogP contribution in [0.4, 0.5) is 8.78 Å². The van der Waals surface area contributed by atoms with Crippen molar-refractivity contribution >= 4 is 17.8 Å². The van der Waals surface area contributed by atoms with Crippen molar-refractivity contribution in [3.8, 4) is 0 Å². The van der Waals surface area contributed by atoms with Crippen molar-refractivity contribution in [2.45, 2.75) is 52.3 Å². The van der Waals surface area contributed by atoms with E-state index in [-0.39, 0.29) is 18.5 Å². The average Bonchev–Trinajstić information content (AvgIpc) is 2.69. The lowest BCUT2D eigenvalue weighted by atomic mass is 10.0. The third-order valence-electron chi connectivity index (χ3n) is 4.47. The molecule has 0 heterocycles. The molecule has 2 rings (SSSR count). The summed E-state index contributed by atoms with van der Waals surface area (Å²) >= 11 is 0. The van der Waals surface area contributed by atoms with Crippen LogP contribution in [0.25, 0.3) is 0 Å². The molecule has 2 aromatic carbocycles. The quantitative estimate of drug-likeness (QED) is 0.482. The van der Waals surface area contributed by atoms with Crippen molar-refractivity contribution in [3.63, 3.8) is 0 Å². The van der Waals surface area contributed by atoms with Crippen LogP contribution >= 0.6 is 0 Å². The van der Waals surface area contributed by atoms with Crippen molar-refractivity contribution in [3.05, 3.63) is 71.3 Å². The molecule has 2 amide bonds. The first-order valence-corrected chi connectivity index (χ1v) is 10.2. The zero-order chi connectivity index (χ0) is 23.9. The molecular formula is C24H28F2N2O4. The second-order valence-corrected chi connectivity index (χ2v) is 8.50. The smallest absolute Gasteiger partial charge is 0.329 e. The van der Waals surface area contributed by atoms with Crippen molar-refractivity contribution in [2.24, 2.45) is 5.92 Å². The van der Waals surface area contributed by atoms with Crippen molar-refractivity contribution in [2.75, 3.05) is 0 Å². The Labute approximate surface area is 186 Å². The van der Waals surface area contributed by atoms with Gasteiger partial charge in [-0.2, -0.15) is 0 Å². The maximum atomic E-state index is 13.3. The third-order valence-corrected chi connectivity index (χ3v) is 4.47. The molecule has 2 aromatic rings. The van der Waals surface area contributed by atoms with Gasteiger partial charge in [-0.15, -0.1) is 0 Å². The van der Waals surface area contributed by atoms with Gasteiger partial charge >= 0.3 is 5.97 Å². The Kier molecular flexibility index (Phi) is 8.46. The highest BCUT2D eigenvalue weighted by Crippen LogP contribution is 2.13. The molecule has 0 saturated carbocycles. The largest absolute Gasteiger partial charge is 0.458 e. The summed E-state index contributed by atoms with van der Waals surface area (Å²) in [6, 6.07) is 11.0. The number of halogens is 2. The number of nitrogens with one attached hydrogen (secondary N) is 2. The fourth-order valence-electron chi connectivity index (χ4n) is 2.89. The molecule has 2 unspecified atom stereocenters. The van der Waals surface area contributed by atoms with Gasteiger partial charge in [-0.3, -0.25) is 9.59 Å². The molecule has 0 radical (unpaired) electrons. The van der Waals surface area contributed by atoms with Gasteiger partial charge in [0.25, 0.3) is 0 Å². The molecule has 32 heavy (non-hydrogen) atoms. The summed E-state index contributed by atoms with van der Waals surface area (Å²) in [5.41, 5.74) is 0.285. The highest BCUT2D eigenvalue weighted by atomic mass is 19.1. The van der Waals surface area contributed by atoms with Crippen LogP contribution in [-0.2, 0) is 32.1 Å². The number of hydrogen-bond acceptors (Lipinski definition) is 4. The van der Waals surface area contributed by atoms with E-state index >= 15 is 0 Å². The molecular weight excluding hydrogens is 418 g/mol. The summed E-state index contributed by atoms with van der Waals surface area (Å²) < 4.78 is 32.0. The Balaban J connectivity index is 2.04. The van der Waals surface area contributed by atoms with Gasteiger partial charge in [-0.1, -0.05) is 30.3 Å². The van der Waals surface area contributed by atoms with E-state index in [0.717, 1.165) is 23.8 Å². The van der Waals surface area contributed by atoms with Crippen molar-refractivity contribution < 1.29 is 27.9 Å². The first kappa shape index (κ1) is 25.0. The normalized spacial score (nSPS) is 13.1. The fourth-order valence-corrected chi connectivity index (χ4v) is 2.89. The van der Waals surface area contributed by atoms with Crippen LogP contribution < -0.4 is 10.6 Å². The summed E-state index contributed by atoms with van der Waals surface area (Å²) in [5.74, 6) is -4.59. The Morgan fingerprint density at radius 1 is 0.938 bits per heavy atom. The summed E-state index contributed by atoms with van der Waals surface area (Å²) in [4.78, 5) is 37.7. The number of ether oxygens (including phenoxy) is 1. The number of carbonyl (C=O) groups excluding carboxylic acids is 3. The van der Waals surface area contributed by atoms with E-state index in [9.17, 15) is 23.2 Å². The van der Waals surface area contributed by atoms with Crippen LogP contribution in [-0.4, -0.2) is 29.4 Å². The first-order chi connectivity index (χ1) is 14.9. The topological polar surface area (TPSA) is 84.5 Å². The molecule has 8 heteroatoms. The molecule has 0 saturated heterocycles. The van der Waals surface area contributed by atoms with E-state index in [0.29, 0.717) is 0 Å². The number of amides is 2. The minimum absolute atomic E-state index is 0.148. The van der Waals surface area contributed by atoms with Crippen LogP contribution in [0.2, 0.25) is 0 Å². The van der Waals surface area contributed by atoms with Crippen molar-refractivity contribution in [1.82, 2.24) is 10.6 Å². The van der Waals surface area contributed by atoms with E-state index in [1.807, 2.05) is 30.3 Å². The van der Waals surface area contributed by atoms with Gasteiger partial charge in [0.1, 0.15) is 29.2 Å². The zero-order valence-electron chi connectivity index (χ0n) is 18.6. The second-order valence-electron chi connectivity index (χ2n) is 8.50. The Morgan fingerprint density at radius 3 is 2.09 bits per heavy atom. The van der Waals surface area contributed by atoms with Crippen LogP contribution in [0.1, 0.15) is 38.8 Å². The Hall–Kier alpha value is -3.29. The van der Waals surface area contributed by atoms with Crippen molar-refractivity contribution in [1.29, 1.82) is 0 Å². The molecule has 0 aromatic heterocycles. The maximum absolute atomic E-state index is 13.3. The SMILES string of the molecule is CC(C(=O)NCc1cc(F)cc(F)c1)C(=O)NC(Cc1ccccc1)C(=O)OC(C)(C)C. The number of rotatable bonds is 8. The predicted octanol–water partition coefficient (Wildman–Crippen LogP) is 3.29. The molecule has 0 aliphatic rings. The Bertz CT molecular complexity index is 938. The molecule has 6 nitrogen and oxygen atoms in total. The van der Waals surface area contributed by atoms with Gasteiger partial charge in [-0.25, -0.2) is 13.6 Å². The van der Waals surface area contributed by atoms with Gasteiger partial charge in [0.2, 0.25) is 11.8 Å². The fraction of sp³-hybridized carbons (Fsp3) is 0.375. The number of esters is 1. The minimum atomic E-state index is -1.14. The molecule has 0 aliphatic heterocycles. The molecule has 172 valence electrons. The van der Waals surface area contributed by atoms with Crippen LogP contribution in [0.3, 0.4) is 0 Å². The molecule has 0 aliphatic carbocycles. The number of carbonyl (C=O) groups is 3. The van der Waals surface area contributed by atoms with Crippen LogP contribution in [0.15, 0.2) is 48.5 Å². The molecule has 0 spiro atoms. The van der Waals surface area contributed by atoms with E-state index in [4.69, 9.17) is 4.74 Å². The van der Waals surface area contributed by atoms with Crippen LogP contribution in [0.5, 0.6) is 0 Å². The highest BCUT2D eigenvalue weighted by molar-refractivity contribution is 6.01. The summed E-state index contributed by atoms with van der Waals surface area (Å²) in [6.07, 6.45) is 0.193. The average molecular weight is 446 g/mol. The van der Waals surface area contributed by atoms with E-state index in [1.165, 1.54) is 6.92 Å². The Morgan fingerprint density at radius 2 is 1.53 bits per heavy atom. The first-order valence-electron chi connectivity index (χ1n) is 10.2. The minimum Gasteiger partial charge on any atom is -0.458 e. The molecule has 2 N–H and O–H groups in total. The summed E-state index contributed by atoms with van der Waals surface area (Å²) in [5, 5.41) is 5.07. The van der Waals surface area contributed by atoms with Gasteiger partial charge in [0, 0.05) is 19.0 Å². The highest BCUT2D eigenvalue weighted by Gasteiger charge is 2.30. The van der Waals surface area contributed by atoms with E-state index in [1.54, 1.807) is 20.8 Å². The summed E-state index contributed by atoms with van der Waals surface area (Å²) in [7, 11) is 0. The zero-order valence-corrected chi connectivity index (χ0v) is 18.6. The number of benzene rings is 2. The lowest BCUT2D eigenvalue weighted by molar-refractivity contribution is -0.159. The predicted molar refractivity (Wildman–Crippen MR) is 115 cm³/mol. The van der Waals surface area contributed by atoms with Gasteiger partial charge in [0.05, 0.1) is 0 Å². The van der Waals surface area contributed by atoms with Gasteiger partial charge < -0.3 is 15.4 Å². The lowest BCUT2D eigenvalue weighted by Crippen LogP contribution is -2.49. The monoisotopic (exact) mass is 446 g/mol. The molecule has 2 atom stereocenters. The molecule has 0 fully saturated rings. The second kappa shape index (κ2) is 10.8. The van der Waals surface area contributed by atoms with Gasteiger partial charge in [0.15, 0.2) is 0 Å². The van der Waals surface area contributed by atoms with E-state index in [2.05, 4.69) is 10.6 Å². The summed E-state index contributed by atoms with van der Waals surface area (Å²) in [6.45, 7) is 6.39. The van der Waals surface area contributed by atoms with Crippen LogP contribution in [0, 0.1) is 17.6 Å². The third kappa shape index (κ3) is 8.09.